The van der Waals surface area contributed by atoms with Crippen molar-refractivity contribution in [3.05, 3.63) is 70.8 Å². The second-order valence-electron chi connectivity index (χ2n) is 6.13. The Hall–Kier alpha value is -1.74. The van der Waals surface area contributed by atoms with E-state index in [0.29, 0.717) is 18.1 Å². The molecular formula is C20H26F2IN3O. The molecule has 2 aromatic carbocycles. The number of aryl methyl sites for hydroxylation is 1. The normalized spacial score (nSPS) is 13.5. The van der Waals surface area contributed by atoms with Gasteiger partial charge in [0.05, 0.1) is 12.6 Å². The second kappa shape index (κ2) is 11.2. The summed E-state index contributed by atoms with van der Waals surface area (Å²) in [5, 5.41) is 16.4. The van der Waals surface area contributed by atoms with E-state index in [1.807, 2.05) is 19.9 Å². The van der Waals surface area contributed by atoms with E-state index in [-0.39, 0.29) is 47.9 Å². The van der Waals surface area contributed by atoms with E-state index in [4.69, 9.17) is 0 Å². The molecule has 2 unspecified atom stereocenters. The molecule has 0 aromatic heterocycles. The van der Waals surface area contributed by atoms with E-state index in [0.717, 1.165) is 5.56 Å². The average molecular weight is 489 g/mol. The van der Waals surface area contributed by atoms with Gasteiger partial charge in [-0.1, -0.05) is 30.3 Å². The minimum atomic E-state index is -1.04. The van der Waals surface area contributed by atoms with Gasteiger partial charge in [0.25, 0.3) is 0 Å². The first-order valence-electron chi connectivity index (χ1n) is 8.65. The smallest absolute Gasteiger partial charge is 0.191 e. The van der Waals surface area contributed by atoms with Crippen LogP contribution in [0.2, 0.25) is 0 Å². The van der Waals surface area contributed by atoms with Crippen LogP contribution in [0.1, 0.15) is 42.7 Å². The van der Waals surface area contributed by atoms with Crippen molar-refractivity contribution in [1.29, 1.82) is 0 Å². The maximum absolute atomic E-state index is 13.8. The highest BCUT2D eigenvalue weighted by molar-refractivity contribution is 14.0. The number of nitrogens with zero attached hydrogens (tertiary/aromatic N) is 1. The fourth-order valence-electron chi connectivity index (χ4n) is 2.51. The lowest BCUT2D eigenvalue weighted by atomic mass is 10.1. The molecule has 2 aromatic rings. The standard InChI is InChI=1S/C20H25F2N3O.HI/c1-4-23-20(24-12-19(26)16-7-5-6-8-17(16)21)25-14(3)15-10-9-13(2)18(22)11-15;/h5-11,14,19,26H,4,12H2,1-3H3,(H2,23,24,25);1H. The lowest BCUT2D eigenvalue weighted by Gasteiger charge is -2.19. The van der Waals surface area contributed by atoms with E-state index < -0.39 is 11.9 Å². The number of rotatable bonds is 6. The molecule has 0 saturated carbocycles. The summed E-state index contributed by atoms with van der Waals surface area (Å²) in [6.07, 6.45) is -1.04. The highest BCUT2D eigenvalue weighted by Crippen LogP contribution is 2.18. The Morgan fingerprint density at radius 1 is 1.15 bits per heavy atom. The largest absolute Gasteiger partial charge is 0.386 e. The lowest BCUT2D eigenvalue weighted by molar-refractivity contribution is 0.182. The van der Waals surface area contributed by atoms with Gasteiger partial charge in [0, 0.05) is 12.1 Å². The summed E-state index contributed by atoms with van der Waals surface area (Å²) in [6.45, 7) is 6.15. The van der Waals surface area contributed by atoms with Crippen LogP contribution in [0.15, 0.2) is 47.5 Å². The van der Waals surface area contributed by atoms with Gasteiger partial charge in [0.2, 0.25) is 0 Å². The Balaban J connectivity index is 0.00000364. The summed E-state index contributed by atoms with van der Waals surface area (Å²) < 4.78 is 27.5. The monoisotopic (exact) mass is 489 g/mol. The fraction of sp³-hybridized carbons (Fsp3) is 0.350. The molecule has 0 fully saturated rings. The Morgan fingerprint density at radius 2 is 1.85 bits per heavy atom. The number of hydrogen-bond donors (Lipinski definition) is 3. The minimum Gasteiger partial charge on any atom is -0.386 e. The molecule has 3 N–H and O–H groups in total. The summed E-state index contributed by atoms with van der Waals surface area (Å²) in [5.41, 5.74) is 1.59. The Kier molecular flexibility index (Phi) is 9.65. The molecule has 148 valence electrons. The molecule has 0 amide bonds. The SMILES string of the molecule is CCNC(=NCC(O)c1ccccc1F)NC(C)c1ccc(C)c(F)c1.I. The van der Waals surface area contributed by atoms with Gasteiger partial charge >= 0.3 is 0 Å². The van der Waals surface area contributed by atoms with Crippen molar-refractivity contribution < 1.29 is 13.9 Å². The van der Waals surface area contributed by atoms with E-state index in [2.05, 4.69) is 15.6 Å². The number of aliphatic imine (C=N–C) groups is 1. The van der Waals surface area contributed by atoms with Crippen LogP contribution in [-0.4, -0.2) is 24.2 Å². The lowest BCUT2D eigenvalue weighted by Crippen LogP contribution is -2.39. The molecule has 0 bridgehead atoms. The van der Waals surface area contributed by atoms with Crippen molar-refractivity contribution in [2.24, 2.45) is 4.99 Å². The number of benzene rings is 2. The molecule has 0 spiro atoms. The van der Waals surface area contributed by atoms with Crippen molar-refractivity contribution in [2.45, 2.75) is 32.9 Å². The number of aliphatic hydroxyl groups excluding tert-OH is 1. The van der Waals surface area contributed by atoms with Crippen LogP contribution < -0.4 is 10.6 Å². The van der Waals surface area contributed by atoms with E-state index in [1.54, 1.807) is 25.1 Å². The number of halogens is 3. The average Bonchev–Trinajstić information content (AvgIpc) is 2.62. The molecule has 7 heteroatoms. The summed E-state index contributed by atoms with van der Waals surface area (Å²) >= 11 is 0. The van der Waals surface area contributed by atoms with Crippen molar-refractivity contribution in [3.63, 3.8) is 0 Å². The van der Waals surface area contributed by atoms with Crippen LogP contribution in [0.5, 0.6) is 0 Å². The van der Waals surface area contributed by atoms with Gasteiger partial charge in [-0.2, -0.15) is 0 Å². The molecule has 0 radical (unpaired) electrons. The number of hydrogen-bond acceptors (Lipinski definition) is 2. The summed E-state index contributed by atoms with van der Waals surface area (Å²) in [4.78, 5) is 4.32. The summed E-state index contributed by atoms with van der Waals surface area (Å²) in [7, 11) is 0. The van der Waals surface area contributed by atoms with E-state index in [9.17, 15) is 13.9 Å². The van der Waals surface area contributed by atoms with Gasteiger partial charge in [-0.3, -0.25) is 4.99 Å². The van der Waals surface area contributed by atoms with Crippen LogP contribution in [-0.2, 0) is 0 Å². The maximum Gasteiger partial charge on any atom is 0.191 e. The third kappa shape index (κ3) is 6.73. The molecule has 0 saturated heterocycles. The van der Waals surface area contributed by atoms with Gasteiger partial charge in [-0.15, -0.1) is 24.0 Å². The van der Waals surface area contributed by atoms with E-state index >= 15 is 0 Å². The number of guanidine groups is 1. The van der Waals surface area contributed by atoms with Crippen molar-refractivity contribution in [2.75, 3.05) is 13.1 Å². The highest BCUT2D eigenvalue weighted by Gasteiger charge is 2.13. The number of aliphatic hydroxyl groups is 1. The predicted molar refractivity (Wildman–Crippen MR) is 115 cm³/mol. The molecule has 0 heterocycles. The second-order valence-corrected chi connectivity index (χ2v) is 6.13. The van der Waals surface area contributed by atoms with Crippen LogP contribution in [0.3, 0.4) is 0 Å². The Bertz CT molecular complexity index is 771. The number of nitrogens with one attached hydrogen (secondary N) is 2. The molecule has 4 nitrogen and oxygen atoms in total. The molecule has 2 atom stereocenters. The maximum atomic E-state index is 13.8. The van der Waals surface area contributed by atoms with Crippen LogP contribution in [0, 0.1) is 18.6 Å². The first-order valence-corrected chi connectivity index (χ1v) is 8.65. The molecule has 0 aliphatic rings. The molecule has 27 heavy (non-hydrogen) atoms. The van der Waals surface area contributed by atoms with E-state index in [1.165, 1.54) is 18.2 Å². The van der Waals surface area contributed by atoms with Gasteiger partial charge < -0.3 is 15.7 Å². The van der Waals surface area contributed by atoms with Gasteiger partial charge in [-0.05, 0) is 44.0 Å². The van der Waals surface area contributed by atoms with Crippen molar-refractivity contribution >= 4 is 29.9 Å². The first-order chi connectivity index (χ1) is 12.4. The minimum absolute atomic E-state index is 0. The zero-order valence-corrected chi connectivity index (χ0v) is 18.0. The van der Waals surface area contributed by atoms with Crippen LogP contribution in [0.4, 0.5) is 8.78 Å². The molecule has 0 aliphatic heterocycles. The van der Waals surface area contributed by atoms with Crippen LogP contribution in [0.25, 0.3) is 0 Å². The molecular weight excluding hydrogens is 463 g/mol. The van der Waals surface area contributed by atoms with Gasteiger partial charge in [0.1, 0.15) is 17.7 Å². The predicted octanol–water partition coefficient (Wildman–Crippen LogP) is 4.24. The topological polar surface area (TPSA) is 56.7 Å². The van der Waals surface area contributed by atoms with Gasteiger partial charge in [0.15, 0.2) is 5.96 Å². The van der Waals surface area contributed by atoms with Crippen LogP contribution >= 0.6 is 24.0 Å². The Morgan fingerprint density at radius 3 is 2.48 bits per heavy atom. The fourth-order valence-corrected chi connectivity index (χ4v) is 2.51. The van der Waals surface area contributed by atoms with Crippen molar-refractivity contribution in [1.82, 2.24) is 10.6 Å². The zero-order chi connectivity index (χ0) is 19.1. The zero-order valence-electron chi connectivity index (χ0n) is 15.7. The summed E-state index contributed by atoms with van der Waals surface area (Å²) in [5.74, 6) is -0.249. The third-order valence-corrected chi connectivity index (χ3v) is 4.08. The highest BCUT2D eigenvalue weighted by atomic mass is 127. The van der Waals surface area contributed by atoms with Gasteiger partial charge in [-0.25, -0.2) is 8.78 Å². The molecule has 2 rings (SSSR count). The molecule has 0 aliphatic carbocycles. The van der Waals surface area contributed by atoms with Crippen molar-refractivity contribution in [3.8, 4) is 0 Å². The Labute approximate surface area is 176 Å². The third-order valence-electron chi connectivity index (χ3n) is 4.08. The first kappa shape index (κ1) is 23.3. The quantitative estimate of drug-likeness (QED) is 0.323. The summed E-state index contributed by atoms with van der Waals surface area (Å²) in [6, 6.07) is 11.0.